The summed E-state index contributed by atoms with van der Waals surface area (Å²) in [6.45, 7) is 8.48. The minimum Gasteiger partial charge on any atom is -0.496 e. The van der Waals surface area contributed by atoms with Crippen molar-refractivity contribution >= 4 is 0 Å². The highest BCUT2D eigenvalue weighted by Gasteiger charge is 2.28. The Balaban J connectivity index is 2.27. The van der Waals surface area contributed by atoms with E-state index in [0.717, 1.165) is 41.8 Å². The summed E-state index contributed by atoms with van der Waals surface area (Å²) in [6, 6.07) is 0. The lowest BCUT2D eigenvalue weighted by atomic mass is 9.75. The SMILES string of the molecule is COc1c(C)cnc(CC2=CC(O)CC(C)(C)C2)c1C. The Hall–Kier alpha value is -1.35. The van der Waals surface area contributed by atoms with Gasteiger partial charge in [0.25, 0.3) is 0 Å². The molecule has 0 spiro atoms. The van der Waals surface area contributed by atoms with Crippen molar-refractivity contribution in [3.8, 4) is 5.75 Å². The predicted molar refractivity (Wildman–Crippen MR) is 81.1 cm³/mol. The van der Waals surface area contributed by atoms with Crippen LogP contribution in [0, 0.1) is 19.3 Å². The molecule has 0 aromatic carbocycles. The number of methoxy groups -OCH3 is 1. The monoisotopic (exact) mass is 275 g/mol. The Morgan fingerprint density at radius 2 is 2.10 bits per heavy atom. The first-order valence-corrected chi connectivity index (χ1v) is 7.19. The van der Waals surface area contributed by atoms with Crippen molar-refractivity contribution < 1.29 is 9.84 Å². The molecule has 0 amide bonds. The van der Waals surface area contributed by atoms with E-state index in [2.05, 4.69) is 25.8 Å². The summed E-state index contributed by atoms with van der Waals surface area (Å²) in [5.41, 5.74) is 4.64. The molecular weight excluding hydrogens is 250 g/mol. The van der Waals surface area contributed by atoms with Gasteiger partial charge < -0.3 is 9.84 Å². The molecule has 0 fully saturated rings. The number of ether oxygens (including phenoxy) is 1. The van der Waals surface area contributed by atoms with Crippen LogP contribution in [0.1, 0.15) is 43.5 Å². The molecule has 1 aliphatic carbocycles. The fourth-order valence-corrected chi connectivity index (χ4v) is 3.23. The van der Waals surface area contributed by atoms with Gasteiger partial charge in [0, 0.05) is 23.7 Å². The van der Waals surface area contributed by atoms with Gasteiger partial charge in [-0.3, -0.25) is 4.98 Å². The van der Waals surface area contributed by atoms with E-state index in [4.69, 9.17) is 4.74 Å². The molecule has 1 aromatic rings. The molecule has 0 aliphatic heterocycles. The van der Waals surface area contributed by atoms with Crippen LogP contribution in [0.2, 0.25) is 0 Å². The summed E-state index contributed by atoms with van der Waals surface area (Å²) in [7, 11) is 1.70. The van der Waals surface area contributed by atoms with Gasteiger partial charge in [-0.1, -0.05) is 25.5 Å². The van der Waals surface area contributed by atoms with Gasteiger partial charge >= 0.3 is 0 Å². The molecule has 20 heavy (non-hydrogen) atoms. The van der Waals surface area contributed by atoms with Crippen molar-refractivity contribution in [1.29, 1.82) is 0 Å². The summed E-state index contributed by atoms with van der Waals surface area (Å²) >= 11 is 0. The third-order valence-corrected chi connectivity index (χ3v) is 4.04. The Morgan fingerprint density at radius 3 is 2.70 bits per heavy atom. The molecule has 1 unspecified atom stereocenters. The number of pyridine rings is 1. The van der Waals surface area contributed by atoms with E-state index in [-0.39, 0.29) is 11.5 Å². The normalized spacial score (nSPS) is 21.5. The first kappa shape index (κ1) is 15.0. The molecule has 0 bridgehead atoms. The number of hydrogen-bond donors (Lipinski definition) is 1. The minimum atomic E-state index is -0.332. The van der Waals surface area contributed by atoms with Gasteiger partial charge in [0.15, 0.2) is 0 Å². The lowest BCUT2D eigenvalue weighted by molar-refractivity contribution is 0.138. The maximum atomic E-state index is 9.99. The maximum absolute atomic E-state index is 9.99. The summed E-state index contributed by atoms with van der Waals surface area (Å²) < 4.78 is 5.46. The minimum absolute atomic E-state index is 0.159. The van der Waals surface area contributed by atoms with E-state index in [9.17, 15) is 5.11 Å². The third-order valence-electron chi connectivity index (χ3n) is 4.04. The van der Waals surface area contributed by atoms with Gasteiger partial charge in [-0.05, 0) is 32.1 Å². The van der Waals surface area contributed by atoms with Crippen molar-refractivity contribution in [2.24, 2.45) is 5.41 Å². The van der Waals surface area contributed by atoms with Crippen molar-refractivity contribution in [3.05, 3.63) is 34.7 Å². The second-order valence-corrected chi connectivity index (χ2v) is 6.66. The summed E-state index contributed by atoms with van der Waals surface area (Å²) in [5.74, 6) is 0.922. The fourth-order valence-electron chi connectivity index (χ4n) is 3.23. The van der Waals surface area contributed by atoms with E-state index in [1.807, 2.05) is 19.2 Å². The largest absolute Gasteiger partial charge is 0.496 e. The molecular formula is C17H25NO2. The van der Waals surface area contributed by atoms with E-state index in [1.54, 1.807) is 7.11 Å². The molecule has 3 nitrogen and oxygen atoms in total. The number of aliphatic hydroxyl groups excluding tert-OH is 1. The predicted octanol–water partition coefficient (Wildman–Crippen LogP) is 3.36. The summed E-state index contributed by atoms with van der Waals surface area (Å²) in [4.78, 5) is 4.55. The van der Waals surface area contributed by atoms with Gasteiger partial charge in [0.05, 0.1) is 18.9 Å². The van der Waals surface area contributed by atoms with Gasteiger partial charge in [0.1, 0.15) is 5.75 Å². The van der Waals surface area contributed by atoms with Crippen LogP contribution in [0.25, 0.3) is 0 Å². The average Bonchev–Trinajstić information content (AvgIpc) is 2.31. The lowest BCUT2D eigenvalue weighted by Crippen LogP contribution is -2.25. The first-order chi connectivity index (χ1) is 9.32. The smallest absolute Gasteiger partial charge is 0.128 e. The van der Waals surface area contributed by atoms with Crippen LogP contribution in [0.15, 0.2) is 17.8 Å². The molecule has 2 rings (SSSR count). The Morgan fingerprint density at radius 1 is 1.40 bits per heavy atom. The van der Waals surface area contributed by atoms with Crippen LogP contribution in [-0.2, 0) is 6.42 Å². The highest BCUT2D eigenvalue weighted by Crippen LogP contribution is 2.37. The summed E-state index contributed by atoms with van der Waals surface area (Å²) in [5, 5.41) is 9.99. The van der Waals surface area contributed by atoms with Crippen LogP contribution in [0.4, 0.5) is 0 Å². The molecule has 1 N–H and O–H groups in total. The van der Waals surface area contributed by atoms with Crippen LogP contribution >= 0.6 is 0 Å². The highest BCUT2D eigenvalue weighted by molar-refractivity contribution is 5.42. The lowest BCUT2D eigenvalue weighted by Gasteiger charge is -2.32. The number of aliphatic hydroxyl groups is 1. The van der Waals surface area contributed by atoms with E-state index in [1.165, 1.54) is 5.57 Å². The van der Waals surface area contributed by atoms with Crippen LogP contribution in [-0.4, -0.2) is 23.3 Å². The molecule has 1 aromatic heterocycles. The van der Waals surface area contributed by atoms with E-state index in [0.29, 0.717) is 0 Å². The molecule has 0 radical (unpaired) electrons. The number of hydrogen-bond acceptors (Lipinski definition) is 3. The van der Waals surface area contributed by atoms with Gasteiger partial charge in [0.2, 0.25) is 0 Å². The van der Waals surface area contributed by atoms with Crippen molar-refractivity contribution in [1.82, 2.24) is 4.98 Å². The number of allylic oxidation sites excluding steroid dienone is 1. The van der Waals surface area contributed by atoms with Crippen LogP contribution in [0.5, 0.6) is 5.75 Å². The third kappa shape index (κ3) is 3.21. The van der Waals surface area contributed by atoms with Gasteiger partial charge in [-0.15, -0.1) is 0 Å². The molecule has 1 heterocycles. The van der Waals surface area contributed by atoms with Gasteiger partial charge in [-0.25, -0.2) is 0 Å². The molecule has 1 atom stereocenters. The van der Waals surface area contributed by atoms with E-state index >= 15 is 0 Å². The van der Waals surface area contributed by atoms with Crippen LogP contribution < -0.4 is 4.74 Å². The second kappa shape index (κ2) is 5.57. The fraction of sp³-hybridized carbons (Fsp3) is 0.588. The zero-order chi connectivity index (χ0) is 14.9. The molecule has 0 saturated carbocycles. The van der Waals surface area contributed by atoms with Crippen molar-refractivity contribution in [2.45, 2.75) is 53.1 Å². The molecule has 110 valence electrons. The number of aryl methyl sites for hydroxylation is 1. The van der Waals surface area contributed by atoms with Crippen molar-refractivity contribution in [2.75, 3.05) is 7.11 Å². The van der Waals surface area contributed by atoms with Crippen molar-refractivity contribution in [3.63, 3.8) is 0 Å². The zero-order valence-electron chi connectivity index (χ0n) is 13.2. The Labute approximate surface area is 121 Å². The Bertz CT molecular complexity index is 532. The first-order valence-electron chi connectivity index (χ1n) is 7.19. The zero-order valence-corrected chi connectivity index (χ0v) is 13.2. The standard InChI is InChI=1S/C17H25NO2/c1-11-10-18-15(12(2)16(11)20-5)7-13-6-14(19)9-17(3,4)8-13/h6,10,14,19H,7-9H2,1-5H3. The number of nitrogens with zero attached hydrogens (tertiary/aromatic N) is 1. The molecule has 1 aliphatic rings. The molecule has 3 heteroatoms. The number of rotatable bonds is 3. The molecule has 0 saturated heterocycles. The highest BCUT2D eigenvalue weighted by atomic mass is 16.5. The van der Waals surface area contributed by atoms with Crippen LogP contribution in [0.3, 0.4) is 0 Å². The quantitative estimate of drug-likeness (QED) is 0.860. The Kier molecular flexibility index (Phi) is 4.19. The second-order valence-electron chi connectivity index (χ2n) is 6.66. The van der Waals surface area contributed by atoms with E-state index < -0.39 is 0 Å². The maximum Gasteiger partial charge on any atom is 0.128 e. The average molecular weight is 275 g/mol. The van der Waals surface area contributed by atoms with Gasteiger partial charge in [-0.2, -0.15) is 0 Å². The topological polar surface area (TPSA) is 42.4 Å². The number of aromatic nitrogens is 1. The summed E-state index contributed by atoms with van der Waals surface area (Å²) in [6.07, 6.45) is 6.18.